The van der Waals surface area contributed by atoms with Gasteiger partial charge in [-0.1, -0.05) is 12.1 Å². The van der Waals surface area contributed by atoms with E-state index in [2.05, 4.69) is 23.6 Å². The number of carbonyl (C=O) groups excluding carboxylic acids is 1. The van der Waals surface area contributed by atoms with Gasteiger partial charge in [0.05, 0.1) is 11.3 Å². The summed E-state index contributed by atoms with van der Waals surface area (Å²) in [6.45, 7) is 8.17. The average molecular weight is 273 g/mol. The van der Waals surface area contributed by atoms with Gasteiger partial charge in [-0.25, -0.2) is 0 Å². The Morgan fingerprint density at radius 3 is 2.70 bits per heavy atom. The molecule has 0 saturated carbocycles. The summed E-state index contributed by atoms with van der Waals surface area (Å²) in [5, 5.41) is 8.72. The molecule has 1 fully saturated rings. The number of hydrogen-bond donors (Lipinski definition) is 1. The molecule has 2 N–H and O–H groups in total. The fraction of sp³-hybridized carbons (Fsp3) is 0.357. The number of carbonyl (C=O) groups is 1. The van der Waals surface area contributed by atoms with Gasteiger partial charge in [0.1, 0.15) is 0 Å². The molecule has 1 atom stereocenters. The zero-order valence-corrected chi connectivity index (χ0v) is 11.4. The van der Waals surface area contributed by atoms with Gasteiger partial charge in [0.2, 0.25) is 0 Å². The van der Waals surface area contributed by atoms with Crippen LogP contribution in [0.2, 0.25) is 0 Å². The van der Waals surface area contributed by atoms with E-state index < -0.39 is 0 Å². The summed E-state index contributed by atoms with van der Waals surface area (Å²) in [7, 11) is 0. The molecule has 20 heavy (non-hydrogen) atoms. The number of nitrogens with two attached hydrogens (primary N) is 1. The third-order valence-corrected chi connectivity index (χ3v) is 3.36. The summed E-state index contributed by atoms with van der Waals surface area (Å²) < 4.78 is 0. The minimum atomic E-state index is -0.0620. The molecule has 1 aliphatic heterocycles. The van der Waals surface area contributed by atoms with Crippen LogP contribution in [-0.4, -0.2) is 43.4 Å². The highest BCUT2D eigenvalue weighted by atomic mass is 16.2. The molecule has 0 radical (unpaired) electrons. The second-order valence-corrected chi connectivity index (χ2v) is 4.74. The van der Waals surface area contributed by atoms with Gasteiger partial charge >= 0.3 is 0 Å². The number of hydrazone groups is 2. The molecule has 1 heterocycles. The van der Waals surface area contributed by atoms with Gasteiger partial charge in [-0.15, -0.1) is 0 Å². The number of benzene rings is 1. The first-order valence-electron chi connectivity index (χ1n) is 6.54. The van der Waals surface area contributed by atoms with Crippen molar-refractivity contribution in [2.45, 2.75) is 18.9 Å². The summed E-state index contributed by atoms with van der Waals surface area (Å²) in [5.74, 6) is -0.0620. The fourth-order valence-electron chi connectivity index (χ4n) is 2.39. The Labute approximate surface area is 118 Å². The molecule has 6 heteroatoms. The Balaban J connectivity index is 2.29. The number of hydrogen-bond acceptors (Lipinski definition) is 5. The molecule has 106 valence electrons. The van der Waals surface area contributed by atoms with Crippen molar-refractivity contribution in [2.75, 3.05) is 18.2 Å². The van der Waals surface area contributed by atoms with Gasteiger partial charge in [-0.2, -0.15) is 15.3 Å². The Morgan fingerprint density at radius 1 is 1.35 bits per heavy atom. The molecule has 1 aromatic carbocycles. The van der Waals surface area contributed by atoms with Crippen LogP contribution in [0.25, 0.3) is 0 Å². The standard InChI is InChI=1S/C14H19N5O/c1-16-19(17-2)13-8-4-3-7-12(13)14(20)18-9-5-6-11(15)10-18/h3-4,7-8,11H,1-2,5-6,9-10,15H2/t11-/m1/s1. The van der Waals surface area contributed by atoms with E-state index in [4.69, 9.17) is 5.73 Å². The van der Waals surface area contributed by atoms with Crippen LogP contribution < -0.4 is 10.9 Å². The van der Waals surface area contributed by atoms with Crippen molar-refractivity contribution in [1.29, 1.82) is 0 Å². The second kappa shape index (κ2) is 6.29. The molecule has 1 amide bonds. The molecule has 0 bridgehead atoms. The molecule has 0 unspecified atom stereocenters. The van der Waals surface area contributed by atoms with E-state index in [0.717, 1.165) is 19.4 Å². The van der Waals surface area contributed by atoms with Crippen LogP contribution in [0.4, 0.5) is 5.69 Å². The van der Waals surface area contributed by atoms with Crippen molar-refractivity contribution in [1.82, 2.24) is 4.90 Å². The van der Waals surface area contributed by atoms with E-state index in [1.807, 2.05) is 12.1 Å². The van der Waals surface area contributed by atoms with Crippen LogP contribution >= 0.6 is 0 Å². The van der Waals surface area contributed by atoms with Crippen molar-refractivity contribution in [2.24, 2.45) is 15.9 Å². The lowest BCUT2D eigenvalue weighted by Gasteiger charge is -2.31. The van der Waals surface area contributed by atoms with E-state index in [1.54, 1.807) is 17.0 Å². The van der Waals surface area contributed by atoms with Crippen molar-refractivity contribution in [3.8, 4) is 0 Å². The molecule has 0 aromatic heterocycles. The topological polar surface area (TPSA) is 74.3 Å². The molecule has 2 rings (SSSR count). The highest BCUT2D eigenvalue weighted by Crippen LogP contribution is 2.23. The minimum absolute atomic E-state index is 0.0472. The Hall–Kier alpha value is -2.21. The zero-order valence-electron chi connectivity index (χ0n) is 11.4. The van der Waals surface area contributed by atoms with E-state index in [9.17, 15) is 4.79 Å². The molecule has 0 aliphatic carbocycles. The van der Waals surface area contributed by atoms with Gasteiger partial charge in [0.15, 0.2) is 0 Å². The second-order valence-electron chi connectivity index (χ2n) is 4.74. The molecule has 0 spiro atoms. The smallest absolute Gasteiger partial charge is 0.256 e. The molecule has 6 nitrogen and oxygen atoms in total. The molecular formula is C14H19N5O. The Bertz CT molecular complexity index is 508. The third kappa shape index (κ3) is 2.85. The number of anilines is 1. The van der Waals surface area contributed by atoms with Gasteiger partial charge in [-0.05, 0) is 25.0 Å². The number of nitrogens with zero attached hydrogens (tertiary/aromatic N) is 4. The Morgan fingerprint density at radius 2 is 2.05 bits per heavy atom. The molecule has 1 aromatic rings. The maximum Gasteiger partial charge on any atom is 0.256 e. The SMILES string of the molecule is C=NN(N=C)c1ccccc1C(=O)N1CCC[C@@H](N)C1. The van der Waals surface area contributed by atoms with E-state index >= 15 is 0 Å². The number of rotatable bonds is 4. The molecule has 1 aliphatic rings. The zero-order chi connectivity index (χ0) is 14.5. The highest BCUT2D eigenvalue weighted by Gasteiger charge is 2.25. The van der Waals surface area contributed by atoms with Gasteiger partial charge < -0.3 is 10.6 Å². The van der Waals surface area contributed by atoms with E-state index in [0.29, 0.717) is 17.8 Å². The van der Waals surface area contributed by atoms with Crippen LogP contribution in [0.15, 0.2) is 34.5 Å². The number of para-hydroxylation sites is 1. The predicted molar refractivity (Wildman–Crippen MR) is 81.1 cm³/mol. The Kier molecular flexibility index (Phi) is 4.47. The first kappa shape index (κ1) is 14.2. The van der Waals surface area contributed by atoms with Gasteiger partial charge in [0, 0.05) is 32.6 Å². The number of amides is 1. The largest absolute Gasteiger partial charge is 0.337 e. The molecule has 1 saturated heterocycles. The van der Waals surface area contributed by atoms with Crippen molar-refractivity contribution < 1.29 is 4.79 Å². The minimum Gasteiger partial charge on any atom is -0.337 e. The average Bonchev–Trinajstić information content (AvgIpc) is 2.48. The summed E-state index contributed by atoms with van der Waals surface area (Å²) in [4.78, 5) is 14.4. The van der Waals surface area contributed by atoms with Crippen LogP contribution in [0.1, 0.15) is 23.2 Å². The maximum absolute atomic E-state index is 12.6. The predicted octanol–water partition coefficient (Wildman–Crippen LogP) is 1.29. The van der Waals surface area contributed by atoms with Crippen molar-refractivity contribution >= 4 is 25.0 Å². The van der Waals surface area contributed by atoms with Crippen LogP contribution in [0, 0.1) is 0 Å². The number of likely N-dealkylation sites (tertiary alicyclic amines) is 1. The van der Waals surface area contributed by atoms with Crippen molar-refractivity contribution in [3.63, 3.8) is 0 Å². The number of piperidine rings is 1. The lowest BCUT2D eigenvalue weighted by atomic mass is 10.0. The highest BCUT2D eigenvalue weighted by molar-refractivity contribution is 5.99. The van der Waals surface area contributed by atoms with Crippen LogP contribution in [0.5, 0.6) is 0 Å². The maximum atomic E-state index is 12.6. The summed E-state index contributed by atoms with van der Waals surface area (Å²) in [6.07, 6.45) is 1.89. The third-order valence-electron chi connectivity index (χ3n) is 3.36. The van der Waals surface area contributed by atoms with Crippen LogP contribution in [0.3, 0.4) is 0 Å². The first-order chi connectivity index (χ1) is 9.67. The van der Waals surface area contributed by atoms with Gasteiger partial charge in [-0.3, -0.25) is 4.79 Å². The summed E-state index contributed by atoms with van der Waals surface area (Å²) >= 11 is 0. The lowest BCUT2D eigenvalue weighted by Crippen LogP contribution is -2.45. The monoisotopic (exact) mass is 273 g/mol. The lowest BCUT2D eigenvalue weighted by molar-refractivity contribution is 0.0709. The normalized spacial score (nSPS) is 18.4. The first-order valence-corrected chi connectivity index (χ1v) is 6.54. The van der Waals surface area contributed by atoms with Crippen molar-refractivity contribution in [3.05, 3.63) is 29.8 Å². The molecular weight excluding hydrogens is 254 g/mol. The van der Waals surface area contributed by atoms with Gasteiger partial charge in [0.25, 0.3) is 5.91 Å². The summed E-state index contributed by atoms with van der Waals surface area (Å²) in [5.41, 5.74) is 7.03. The van der Waals surface area contributed by atoms with Crippen LogP contribution in [-0.2, 0) is 0 Å². The fourth-order valence-corrected chi connectivity index (χ4v) is 2.39. The quantitative estimate of drug-likeness (QED) is 0.663. The summed E-state index contributed by atoms with van der Waals surface area (Å²) in [6, 6.07) is 7.19. The van der Waals surface area contributed by atoms with E-state index in [-0.39, 0.29) is 11.9 Å². The van der Waals surface area contributed by atoms with E-state index in [1.165, 1.54) is 5.12 Å².